The molecule has 0 spiro atoms. The molecule has 0 radical (unpaired) electrons. The van der Waals surface area contributed by atoms with E-state index >= 15 is 0 Å². The second-order valence-corrected chi connectivity index (χ2v) is 9.66. The third-order valence-electron chi connectivity index (χ3n) is 6.86. The standard InChI is InChI=1S/C28H26N2O5/c1-28(2)16-30(24(28)26(32)33)25(31)21-13-7-8-14-23(21)29-27(34)35-15-22-19-11-5-3-9-17(19)18-10-4-6-12-20(18)22/h3-14,22,24H,15-16H2,1-2H3,(H,29,34)(H,32,33). The number of carbonyl (C=O) groups excluding carboxylic acids is 2. The van der Waals surface area contributed by atoms with Gasteiger partial charge in [0.05, 0.1) is 11.3 Å². The highest BCUT2D eigenvalue weighted by molar-refractivity contribution is 6.04. The van der Waals surface area contributed by atoms with Crippen LogP contribution in [0.15, 0.2) is 72.8 Å². The number of rotatable bonds is 5. The van der Waals surface area contributed by atoms with E-state index in [1.165, 1.54) is 4.90 Å². The number of nitrogens with one attached hydrogen (secondary N) is 1. The fourth-order valence-corrected chi connectivity index (χ4v) is 5.26. The quantitative estimate of drug-likeness (QED) is 0.548. The lowest BCUT2D eigenvalue weighted by Crippen LogP contribution is -2.67. The molecule has 3 aromatic carbocycles. The molecule has 0 aromatic heterocycles. The zero-order valence-electron chi connectivity index (χ0n) is 19.5. The Morgan fingerprint density at radius 1 is 0.943 bits per heavy atom. The summed E-state index contributed by atoms with van der Waals surface area (Å²) < 4.78 is 5.60. The molecule has 5 rings (SSSR count). The van der Waals surface area contributed by atoms with Crippen molar-refractivity contribution in [2.75, 3.05) is 18.5 Å². The first-order chi connectivity index (χ1) is 16.8. The molecule has 178 valence electrons. The normalized spacial score (nSPS) is 17.7. The van der Waals surface area contributed by atoms with Crippen LogP contribution in [-0.4, -0.2) is 47.2 Å². The summed E-state index contributed by atoms with van der Waals surface area (Å²) >= 11 is 0. The maximum Gasteiger partial charge on any atom is 0.411 e. The minimum Gasteiger partial charge on any atom is -0.480 e. The van der Waals surface area contributed by atoms with E-state index < -0.39 is 29.4 Å². The fourth-order valence-electron chi connectivity index (χ4n) is 5.26. The van der Waals surface area contributed by atoms with Gasteiger partial charge in [-0.1, -0.05) is 74.5 Å². The van der Waals surface area contributed by atoms with Gasteiger partial charge in [-0.25, -0.2) is 9.59 Å². The Bertz CT molecular complexity index is 1290. The van der Waals surface area contributed by atoms with Gasteiger partial charge in [0.25, 0.3) is 5.91 Å². The molecular weight excluding hydrogens is 444 g/mol. The lowest BCUT2D eigenvalue weighted by molar-refractivity contribution is -0.156. The molecule has 35 heavy (non-hydrogen) atoms. The van der Waals surface area contributed by atoms with Crippen LogP contribution in [0.25, 0.3) is 11.1 Å². The summed E-state index contributed by atoms with van der Waals surface area (Å²) in [6, 6.07) is 21.8. The molecular formula is C28H26N2O5. The molecule has 1 fully saturated rings. The number of likely N-dealkylation sites (tertiary alicyclic amines) is 1. The Labute approximate surface area is 203 Å². The minimum atomic E-state index is -1.04. The summed E-state index contributed by atoms with van der Waals surface area (Å²) in [5.74, 6) is -1.56. The Morgan fingerprint density at radius 3 is 2.11 bits per heavy atom. The van der Waals surface area contributed by atoms with E-state index in [2.05, 4.69) is 17.4 Å². The van der Waals surface area contributed by atoms with E-state index in [1.54, 1.807) is 24.3 Å². The van der Waals surface area contributed by atoms with Crippen LogP contribution >= 0.6 is 0 Å². The fraction of sp³-hybridized carbons (Fsp3) is 0.250. The molecule has 0 bridgehead atoms. The topological polar surface area (TPSA) is 95.9 Å². The number of carboxylic acids is 1. The zero-order valence-corrected chi connectivity index (χ0v) is 19.5. The van der Waals surface area contributed by atoms with Crippen molar-refractivity contribution in [3.63, 3.8) is 0 Å². The maximum atomic E-state index is 13.1. The highest BCUT2D eigenvalue weighted by Gasteiger charge is 2.52. The highest BCUT2D eigenvalue weighted by Crippen LogP contribution is 2.44. The summed E-state index contributed by atoms with van der Waals surface area (Å²) in [7, 11) is 0. The van der Waals surface area contributed by atoms with E-state index in [-0.39, 0.29) is 23.8 Å². The van der Waals surface area contributed by atoms with Crippen molar-refractivity contribution in [2.45, 2.75) is 25.8 Å². The van der Waals surface area contributed by atoms with E-state index in [9.17, 15) is 19.5 Å². The number of carboxylic acid groups (broad SMARTS) is 1. The smallest absolute Gasteiger partial charge is 0.411 e. The summed E-state index contributed by atoms with van der Waals surface area (Å²) in [6.07, 6.45) is -0.675. The number of carbonyl (C=O) groups is 3. The Kier molecular flexibility index (Phi) is 5.55. The summed E-state index contributed by atoms with van der Waals surface area (Å²) in [4.78, 5) is 38.9. The molecule has 2 aliphatic rings. The van der Waals surface area contributed by atoms with Crippen LogP contribution in [-0.2, 0) is 9.53 Å². The van der Waals surface area contributed by atoms with Gasteiger partial charge < -0.3 is 14.7 Å². The zero-order chi connectivity index (χ0) is 24.7. The molecule has 1 atom stereocenters. The third kappa shape index (κ3) is 3.93. The van der Waals surface area contributed by atoms with E-state index in [0.29, 0.717) is 6.54 Å². The Morgan fingerprint density at radius 2 is 1.51 bits per heavy atom. The van der Waals surface area contributed by atoms with Gasteiger partial charge in [-0.05, 0) is 34.4 Å². The first kappa shape index (κ1) is 22.7. The predicted octanol–water partition coefficient (Wildman–Crippen LogP) is 4.98. The van der Waals surface area contributed by atoms with Gasteiger partial charge in [-0.2, -0.15) is 0 Å². The number of aliphatic carboxylic acids is 1. The number of hydrogen-bond acceptors (Lipinski definition) is 4. The maximum absolute atomic E-state index is 13.1. The van der Waals surface area contributed by atoms with Crippen molar-refractivity contribution in [1.82, 2.24) is 4.90 Å². The molecule has 3 aromatic rings. The molecule has 0 saturated carbocycles. The number of benzene rings is 3. The second kappa shape index (κ2) is 8.58. The molecule has 1 aliphatic carbocycles. The average molecular weight is 471 g/mol. The summed E-state index contributed by atoms with van der Waals surface area (Å²) in [5, 5.41) is 12.3. The Balaban J connectivity index is 1.30. The lowest BCUT2D eigenvalue weighted by atomic mass is 9.74. The van der Waals surface area contributed by atoms with E-state index in [0.717, 1.165) is 22.3 Å². The lowest BCUT2D eigenvalue weighted by Gasteiger charge is -2.51. The van der Waals surface area contributed by atoms with Gasteiger partial charge in [0, 0.05) is 17.9 Å². The van der Waals surface area contributed by atoms with Crippen molar-refractivity contribution in [3.05, 3.63) is 89.5 Å². The number of para-hydroxylation sites is 1. The van der Waals surface area contributed by atoms with Crippen molar-refractivity contribution < 1.29 is 24.2 Å². The molecule has 1 aliphatic heterocycles. The van der Waals surface area contributed by atoms with Crippen LogP contribution in [0.2, 0.25) is 0 Å². The molecule has 1 heterocycles. The van der Waals surface area contributed by atoms with Gasteiger partial charge in [-0.3, -0.25) is 10.1 Å². The second-order valence-electron chi connectivity index (χ2n) is 9.66. The van der Waals surface area contributed by atoms with E-state index in [1.807, 2.05) is 50.2 Å². The third-order valence-corrected chi connectivity index (χ3v) is 6.86. The summed E-state index contributed by atoms with van der Waals surface area (Å²) in [6.45, 7) is 4.10. The SMILES string of the molecule is CC1(C)CN(C(=O)c2ccccc2NC(=O)OCC2c3ccccc3-c3ccccc32)C1C(=O)O. The van der Waals surface area contributed by atoms with Gasteiger partial charge in [0.15, 0.2) is 0 Å². The van der Waals surface area contributed by atoms with Crippen LogP contribution < -0.4 is 5.32 Å². The number of nitrogens with zero attached hydrogens (tertiary/aromatic N) is 1. The molecule has 7 nitrogen and oxygen atoms in total. The van der Waals surface area contributed by atoms with Gasteiger partial charge in [0.2, 0.25) is 0 Å². The molecule has 2 N–H and O–H groups in total. The molecule has 1 unspecified atom stereocenters. The van der Waals surface area contributed by atoms with Crippen LogP contribution in [0, 0.1) is 5.41 Å². The molecule has 7 heteroatoms. The van der Waals surface area contributed by atoms with Crippen LogP contribution in [0.4, 0.5) is 10.5 Å². The number of anilines is 1. The van der Waals surface area contributed by atoms with Gasteiger partial charge in [-0.15, -0.1) is 0 Å². The van der Waals surface area contributed by atoms with Gasteiger partial charge >= 0.3 is 12.1 Å². The first-order valence-electron chi connectivity index (χ1n) is 11.5. The predicted molar refractivity (Wildman–Crippen MR) is 131 cm³/mol. The number of amides is 2. The number of fused-ring (bicyclic) bond motifs is 3. The van der Waals surface area contributed by atoms with Crippen LogP contribution in [0.1, 0.15) is 41.3 Å². The van der Waals surface area contributed by atoms with Crippen molar-refractivity contribution in [3.8, 4) is 11.1 Å². The number of hydrogen-bond donors (Lipinski definition) is 2. The van der Waals surface area contributed by atoms with Crippen molar-refractivity contribution in [2.24, 2.45) is 5.41 Å². The monoisotopic (exact) mass is 470 g/mol. The number of ether oxygens (including phenoxy) is 1. The van der Waals surface area contributed by atoms with Crippen molar-refractivity contribution >= 4 is 23.7 Å². The molecule has 2 amide bonds. The average Bonchev–Trinajstić information content (AvgIpc) is 3.15. The largest absolute Gasteiger partial charge is 0.480 e. The summed E-state index contributed by atoms with van der Waals surface area (Å²) in [5.41, 5.74) is 4.48. The van der Waals surface area contributed by atoms with Crippen LogP contribution in [0.5, 0.6) is 0 Å². The van der Waals surface area contributed by atoms with E-state index in [4.69, 9.17) is 4.74 Å². The van der Waals surface area contributed by atoms with Crippen molar-refractivity contribution in [1.29, 1.82) is 0 Å². The van der Waals surface area contributed by atoms with Crippen LogP contribution in [0.3, 0.4) is 0 Å². The first-order valence-corrected chi connectivity index (χ1v) is 11.5. The highest BCUT2D eigenvalue weighted by atomic mass is 16.5. The molecule has 1 saturated heterocycles. The minimum absolute atomic E-state index is 0.0790. The van der Waals surface area contributed by atoms with Gasteiger partial charge in [0.1, 0.15) is 12.6 Å². The Hall–Kier alpha value is -4.13.